The van der Waals surface area contributed by atoms with E-state index in [-0.39, 0.29) is 11.4 Å². The number of nitrogens with one attached hydrogen (secondary N) is 1. The minimum atomic E-state index is -0.181. The molecule has 1 aliphatic carbocycles. The summed E-state index contributed by atoms with van der Waals surface area (Å²) in [7, 11) is 0. The summed E-state index contributed by atoms with van der Waals surface area (Å²) in [5.74, 6) is 1.42. The van der Waals surface area contributed by atoms with E-state index in [4.69, 9.17) is 5.73 Å². The van der Waals surface area contributed by atoms with Gasteiger partial charge >= 0.3 is 0 Å². The third kappa shape index (κ3) is 1.68. The lowest BCUT2D eigenvalue weighted by atomic mass is 10.1. The second kappa shape index (κ2) is 3.73. The van der Waals surface area contributed by atoms with Crippen LogP contribution in [0.1, 0.15) is 37.4 Å². The van der Waals surface area contributed by atoms with Crippen LogP contribution in [0.15, 0.2) is 9.27 Å². The van der Waals surface area contributed by atoms with Crippen molar-refractivity contribution in [3.05, 3.63) is 20.7 Å². The van der Waals surface area contributed by atoms with Gasteiger partial charge in [-0.05, 0) is 28.8 Å². The number of nitrogens with two attached hydrogens (primary N) is 1. The summed E-state index contributed by atoms with van der Waals surface area (Å²) < 4.78 is 0.333. The third-order valence-corrected chi connectivity index (χ3v) is 3.41. The molecule has 0 aromatic carbocycles. The minimum Gasteiger partial charge on any atom is -0.383 e. The Balaban J connectivity index is 2.39. The third-order valence-electron chi connectivity index (χ3n) is 2.65. The maximum Gasteiger partial charge on any atom is 0.267 e. The molecule has 5 heteroatoms. The molecule has 1 saturated carbocycles. The van der Waals surface area contributed by atoms with E-state index in [1.165, 1.54) is 12.8 Å². The molecular formula is C9H12BrN3O. The average Bonchev–Trinajstić information content (AvgIpc) is 2.66. The Bertz CT molecular complexity index is 396. The molecule has 0 radical (unpaired) electrons. The molecule has 0 bridgehead atoms. The number of nitrogen functional groups attached to an aromatic ring is 1. The molecule has 0 atom stereocenters. The van der Waals surface area contributed by atoms with E-state index < -0.39 is 0 Å². The van der Waals surface area contributed by atoms with Crippen LogP contribution in [0.4, 0.5) is 5.82 Å². The van der Waals surface area contributed by atoms with Crippen molar-refractivity contribution in [2.24, 2.45) is 0 Å². The van der Waals surface area contributed by atoms with E-state index in [1.54, 1.807) is 0 Å². The maximum absolute atomic E-state index is 11.4. The lowest BCUT2D eigenvalue weighted by Crippen LogP contribution is -2.16. The van der Waals surface area contributed by atoms with Crippen LogP contribution in [0, 0.1) is 0 Å². The minimum absolute atomic E-state index is 0.181. The summed E-state index contributed by atoms with van der Waals surface area (Å²) in [6.45, 7) is 0. The molecule has 3 N–H and O–H groups in total. The van der Waals surface area contributed by atoms with E-state index in [0.29, 0.717) is 10.4 Å². The van der Waals surface area contributed by atoms with Gasteiger partial charge in [-0.25, -0.2) is 4.98 Å². The summed E-state index contributed by atoms with van der Waals surface area (Å²) in [5, 5.41) is 0. The Labute approximate surface area is 90.1 Å². The quantitative estimate of drug-likeness (QED) is 0.806. The number of aromatic nitrogens is 2. The monoisotopic (exact) mass is 257 g/mol. The number of nitrogens with zero attached hydrogens (tertiary/aromatic N) is 1. The van der Waals surface area contributed by atoms with Crippen LogP contribution in [-0.4, -0.2) is 9.97 Å². The first-order chi connectivity index (χ1) is 6.68. The summed E-state index contributed by atoms with van der Waals surface area (Å²) >= 11 is 3.09. The molecule has 1 aromatic rings. The van der Waals surface area contributed by atoms with Crippen LogP contribution in [0.2, 0.25) is 0 Å². The van der Waals surface area contributed by atoms with Crippen LogP contribution in [0.3, 0.4) is 0 Å². The van der Waals surface area contributed by atoms with E-state index >= 15 is 0 Å². The van der Waals surface area contributed by atoms with Crippen LogP contribution < -0.4 is 11.3 Å². The van der Waals surface area contributed by atoms with Crippen molar-refractivity contribution < 1.29 is 0 Å². The molecule has 1 aliphatic rings. The fraction of sp³-hybridized carbons (Fsp3) is 0.556. The molecule has 0 spiro atoms. The number of H-pyrrole nitrogens is 1. The number of hydrogen-bond acceptors (Lipinski definition) is 3. The Morgan fingerprint density at radius 2 is 2.07 bits per heavy atom. The normalized spacial score (nSPS) is 17.5. The van der Waals surface area contributed by atoms with Crippen molar-refractivity contribution >= 4 is 21.7 Å². The molecule has 4 nitrogen and oxygen atoms in total. The summed E-state index contributed by atoms with van der Waals surface area (Å²) in [6, 6.07) is 0. The number of anilines is 1. The highest BCUT2D eigenvalue weighted by molar-refractivity contribution is 9.10. The van der Waals surface area contributed by atoms with E-state index in [2.05, 4.69) is 25.9 Å². The zero-order chi connectivity index (χ0) is 10.1. The van der Waals surface area contributed by atoms with Crippen LogP contribution in [-0.2, 0) is 0 Å². The lowest BCUT2D eigenvalue weighted by Gasteiger charge is -2.08. The van der Waals surface area contributed by atoms with Gasteiger partial charge < -0.3 is 10.7 Å². The molecule has 2 rings (SSSR count). The van der Waals surface area contributed by atoms with Gasteiger partial charge in [-0.15, -0.1) is 0 Å². The number of rotatable bonds is 1. The first-order valence-corrected chi connectivity index (χ1v) is 5.53. The molecule has 0 aliphatic heterocycles. The predicted molar refractivity (Wildman–Crippen MR) is 58.2 cm³/mol. The first kappa shape index (κ1) is 9.71. The number of halogens is 1. The van der Waals surface area contributed by atoms with Crippen molar-refractivity contribution in [1.82, 2.24) is 9.97 Å². The maximum atomic E-state index is 11.4. The van der Waals surface area contributed by atoms with Gasteiger partial charge in [0.25, 0.3) is 5.56 Å². The summed E-state index contributed by atoms with van der Waals surface area (Å²) in [5.41, 5.74) is 5.43. The molecule has 0 unspecified atom stereocenters. The van der Waals surface area contributed by atoms with Gasteiger partial charge in [0.2, 0.25) is 0 Å². The Morgan fingerprint density at radius 3 is 2.64 bits per heavy atom. The van der Waals surface area contributed by atoms with Crippen molar-refractivity contribution in [2.45, 2.75) is 31.6 Å². The standard InChI is InChI=1S/C9H12BrN3O/c10-6-7(11)12-8(13-9(6)14)5-3-1-2-4-5/h5H,1-4H2,(H3,11,12,13,14). The zero-order valence-corrected chi connectivity index (χ0v) is 9.30. The number of aromatic amines is 1. The lowest BCUT2D eigenvalue weighted by molar-refractivity contribution is 0.664. The molecule has 1 aromatic heterocycles. The summed E-state index contributed by atoms with van der Waals surface area (Å²) in [4.78, 5) is 18.4. The topological polar surface area (TPSA) is 71.8 Å². The van der Waals surface area contributed by atoms with E-state index in [1.807, 2.05) is 0 Å². The highest BCUT2D eigenvalue weighted by Gasteiger charge is 2.20. The van der Waals surface area contributed by atoms with Crippen molar-refractivity contribution in [2.75, 3.05) is 5.73 Å². The Morgan fingerprint density at radius 1 is 1.43 bits per heavy atom. The van der Waals surface area contributed by atoms with Crippen LogP contribution in [0.5, 0.6) is 0 Å². The second-order valence-corrected chi connectivity index (χ2v) is 4.42. The summed E-state index contributed by atoms with van der Waals surface area (Å²) in [6.07, 6.45) is 4.63. The SMILES string of the molecule is Nc1nc(C2CCCC2)[nH]c(=O)c1Br. The van der Waals surface area contributed by atoms with Gasteiger partial charge in [0.1, 0.15) is 16.1 Å². The largest absolute Gasteiger partial charge is 0.383 e. The van der Waals surface area contributed by atoms with Gasteiger partial charge in [-0.2, -0.15) is 0 Å². The van der Waals surface area contributed by atoms with Crippen molar-refractivity contribution in [1.29, 1.82) is 0 Å². The van der Waals surface area contributed by atoms with Gasteiger partial charge in [0.15, 0.2) is 0 Å². The Hall–Kier alpha value is -0.840. The molecule has 1 heterocycles. The fourth-order valence-electron chi connectivity index (χ4n) is 1.89. The van der Waals surface area contributed by atoms with E-state index in [0.717, 1.165) is 18.7 Å². The second-order valence-electron chi connectivity index (χ2n) is 3.63. The van der Waals surface area contributed by atoms with Crippen molar-refractivity contribution in [3.8, 4) is 0 Å². The van der Waals surface area contributed by atoms with E-state index in [9.17, 15) is 4.79 Å². The van der Waals surface area contributed by atoms with Crippen LogP contribution in [0.25, 0.3) is 0 Å². The van der Waals surface area contributed by atoms with Gasteiger partial charge in [-0.3, -0.25) is 4.79 Å². The van der Waals surface area contributed by atoms with Crippen LogP contribution >= 0.6 is 15.9 Å². The highest BCUT2D eigenvalue weighted by Crippen LogP contribution is 2.32. The van der Waals surface area contributed by atoms with Crippen molar-refractivity contribution in [3.63, 3.8) is 0 Å². The molecule has 0 saturated heterocycles. The molecule has 1 fully saturated rings. The smallest absolute Gasteiger partial charge is 0.267 e. The first-order valence-electron chi connectivity index (χ1n) is 4.73. The molecule has 14 heavy (non-hydrogen) atoms. The highest BCUT2D eigenvalue weighted by atomic mass is 79.9. The molecule has 0 amide bonds. The fourth-order valence-corrected chi connectivity index (χ4v) is 2.07. The Kier molecular flexibility index (Phi) is 2.58. The van der Waals surface area contributed by atoms with Gasteiger partial charge in [0.05, 0.1) is 0 Å². The van der Waals surface area contributed by atoms with Gasteiger partial charge in [-0.1, -0.05) is 12.8 Å². The predicted octanol–water partition coefficient (Wildman–Crippen LogP) is 1.77. The molecular weight excluding hydrogens is 246 g/mol. The zero-order valence-electron chi connectivity index (χ0n) is 7.72. The molecule has 76 valence electrons. The number of hydrogen-bond donors (Lipinski definition) is 2. The van der Waals surface area contributed by atoms with Gasteiger partial charge in [0, 0.05) is 5.92 Å². The average molecular weight is 258 g/mol.